The molecule has 1 heterocycles. The average Bonchev–Trinajstić information content (AvgIpc) is 3.39. The maximum Gasteiger partial charge on any atom is 0.260 e. The molecule has 1 saturated heterocycles. The maximum atomic E-state index is 13.8. The first-order chi connectivity index (χ1) is 11.4. The molecule has 0 spiro atoms. The highest BCUT2D eigenvalue weighted by Gasteiger charge is 2.33. The smallest absolute Gasteiger partial charge is 0.260 e. The van der Waals surface area contributed by atoms with Gasteiger partial charge in [-0.05, 0) is 31.7 Å². The molecule has 3 nitrogen and oxygen atoms in total. The van der Waals surface area contributed by atoms with Gasteiger partial charge in [0.1, 0.15) is 5.56 Å². The van der Waals surface area contributed by atoms with Crippen LogP contribution in [0.3, 0.4) is 0 Å². The van der Waals surface area contributed by atoms with Crippen LogP contribution < -0.4 is 0 Å². The van der Waals surface area contributed by atoms with Crippen molar-refractivity contribution < 1.29 is 26.7 Å². The van der Waals surface area contributed by atoms with Crippen LogP contribution in [0.2, 0.25) is 0 Å². The van der Waals surface area contributed by atoms with Crippen LogP contribution >= 0.6 is 0 Å². The largest absolute Gasteiger partial charge is 0.337 e. The summed E-state index contributed by atoms with van der Waals surface area (Å²) in [6.45, 7) is 2.62. The Morgan fingerprint density at radius 2 is 1.42 bits per heavy atom. The first kappa shape index (κ1) is 17.1. The molecular weight excluding hydrogens is 331 g/mol. The van der Waals surface area contributed by atoms with Crippen LogP contribution in [0, 0.1) is 35.0 Å². The van der Waals surface area contributed by atoms with Gasteiger partial charge in [0.15, 0.2) is 23.3 Å². The second-order valence-electron chi connectivity index (χ2n) is 6.33. The second kappa shape index (κ2) is 6.66. The van der Waals surface area contributed by atoms with Crippen LogP contribution in [0.15, 0.2) is 0 Å². The first-order valence-corrected chi connectivity index (χ1v) is 7.93. The molecule has 132 valence electrons. The lowest BCUT2D eigenvalue weighted by Crippen LogP contribution is -2.37. The summed E-state index contributed by atoms with van der Waals surface area (Å²) >= 11 is 0. The molecule has 1 saturated carbocycles. The summed E-state index contributed by atoms with van der Waals surface area (Å²) in [5, 5.41) is 0. The minimum Gasteiger partial charge on any atom is -0.337 e. The van der Waals surface area contributed by atoms with Crippen molar-refractivity contribution in [3.05, 3.63) is 34.6 Å². The zero-order valence-electron chi connectivity index (χ0n) is 12.9. The third-order valence-corrected chi connectivity index (χ3v) is 4.51. The van der Waals surface area contributed by atoms with Crippen LogP contribution in [0.25, 0.3) is 0 Å². The summed E-state index contributed by atoms with van der Waals surface area (Å²) in [4.78, 5) is 15.7. The first-order valence-electron chi connectivity index (χ1n) is 7.93. The molecule has 3 rings (SSSR count). The van der Waals surface area contributed by atoms with Crippen molar-refractivity contribution in [3.63, 3.8) is 0 Å². The highest BCUT2D eigenvalue weighted by Crippen LogP contribution is 2.30. The quantitative estimate of drug-likeness (QED) is 0.476. The van der Waals surface area contributed by atoms with Gasteiger partial charge in [0.25, 0.3) is 5.91 Å². The summed E-state index contributed by atoms with van der Waals surface area (Å²) in [5.74, 6) is -11.1. The van der Waals surface area contributed by atoms with E-state index >= 15 is 0 Å². The Bertz CT molecular complexity index is 633. The molecule has 8 heteroatoms. The van der Waals surface area contributed by atoms with E-state index in [1.165, 1.54) is 12.8 Å². The number of hydrogen-bond donors (Lipinski definition) is 0. The molecule has 1 aromatic carbocycles. The lowest BCUT2D eigenvalue weighted by atomic mass is 10.1. The fraction of sp³-hybridized carbons (Fsp3) is 0.562. The van der Waals surface area contributed by atoms with Gasteiger partial charge in [-0.3, -0.25) is 4.79 Å². The molecule has 0 aromatic heterocycles. The number of amides is 1. The van der Waals surface area contributed by atoms with E-state index in [0.29, 0.717) is 18.9 Å². The van der Waals surface area contributed by atoms with Crippen LogP contribution in [0.5, 0.6) is 0 Å². The van der Waals surface area contributed by atoms with E-state index in [1.807, 2.05) is 0 Å². The van der Waals surface area contributed by atoms with Crippen LogP contribution in [0.4, 0.5) is 22.0 Å². The van der Waals surface area contributed by atoms with Crippen molar-refractivity contribution in [1.82, 2.24) is 9.80 Å². The molecule has 0 radical (unpaired) electrons. The Labute approximate surface area is 136 Å². The Hall–Kier alpha value is -1.70. The van der Waals surface area contributed by atoms with E-state index < -0.39 is 40.6 Å². The highest BCUT2D eigenvalue weighted by molar-refractivity contribution is 5.95. The molecule has 24 heavy (non-hydrogen) atoms. The van der Waals surface area contributed by atoms with Gasteiger partial charge in [-0.2, -0.15) is 0 Å². The van der Waals surface area contributed by atoms with Gasteiger partial charge in [0.05, 0.1) is 0 Å². The number of halogens is 5. The zero-order chi connectivity index (χ0) is 17.4. The van der Waals surface area contributed by atoms with Crippen LogP contribution in [-0.4, -0.2) is 48.4 Å². The van der Waals surface area contributed by atoms with E-state index in [1.54, 1.807) is 0 Å². The zero-order valence-corrected chi connectivity index (χ0v) is 12.9. The van der Waals surface area contributed by atoms with E-state index in [2.05, 4.69) is 4.90 Å². The third-order valence-electron chi connectivity index (χ3n) is 4.51. The number of benzene rings is 1. The van der Waals surface area contributed by atoms with E-state index in [-0.39, 0.29) is 13.1 Å². The van der Waals surface area contributed by atoms with Crippen molar-refractivity contribution in [2.45, 2.75) is 19.3 Å². The Kier molecular flexibility index (Phi) is 4.76. The van der Waals surface area contributed by atoms with Crippen molar-refractivity contribution >= 4 is 5.91 Å². The highest BCUT2D eigenvalue weighted by atomic mass is 19.2. The van der Waals surface area contributed by atoms with Gasteiger partial charge >= 0.3 is 0 Å². The molecule has 0 N–H and O–H groups in total. The second-order valence-corrected chi connectivity index (χ2v) is 6.33. The number of rotatable bonds is 3. The molecule has 0 bridgehead atoms. The van der Waals surface area contributed by atoms with Gasteiger partial charge in [-0.1, -0.05) is 0 Å². The molecule has 1 aliphatic carbocycles. The minimum atomic E-state index is -2.26. The third kappa shape index (κ3) is 3.24. The molecule has 1 amide bonds. The SMILES string of the molecule is O=C(c1c(F)c(F)c(F)c(F)c1F)N1CCCN(CC2CC2)CC1. The monoisotopic (exact) mass is 348 g/mol. The average molecular weight is 348 g/mol. The van der Waals surface area contributed by atoms with Crippen LogP contribution in [-0.2, 0) is 0 Å². The van der Waals surface area contributed by atoms with Gasteiger partial charge in [-0.25, -0.2) is 22.0 Å². The fourth-order valence-electron chi connectivity index (χ4n) is 2.97. The van der Waals surface area contributed by atoms with Gasteiger partial charge in [0, 0.05) is 26.2 Å². The predicted octanol–water partition coefficient (Wildman–Crippen LogP) is 2.94. The lowest BCUT2D eigenvalue weighted by Gasteiger charge is -2.22. The van der Waals surface area contributed by atoms with Crippen molar-refractivity contribution in [3.8, 4) is 0 Å². The molecule has 1 aromatic rings. The topological polar surface area (TPSA) is 23.6 Å². The summed E-state index contributed by atoms with van der Waals surface area (Å²) in [6, 6.07) is 0. The Morgan fingerprint density at radius 3 is 2.00 bits per heavy atom. The molecule has 2 fully saturated rings. The normalized spacial score (nSPS) is 19.5. The van der Waals surface area contributed by atoms with Crippen molar-refractivity contribution in [2.24, 2.45) is 5.92 Å². The van der Waals surface area contributed by atoms with Crippen LogP contribution in [0.1, 0.15) is 29.6 Å². The summed E-state index contributed by atoms with van der Waals surface area (Å²) in [5.41, 5.74) is -1.37. The minimum absolute atomic E-state index is 0.199. The maximum absolute atomic E-state index is 13.8. The summed E-state index contributed by atoms with van der Waals surface area (Å²) in [6.07, 6.45) is 2.96. The molecule has 0 unspecified atom stereocenters. The summed E-state index contributed by atoms with van der Waals surface area (Å²) < 4.78 is 67.2. The predicted molar refractivity (Wildman–Crippen MR) is 75.9 cm³/mol. The lowest BCUT2D eigenvalue weighted by molar-refractivity contribution is 0.0748. The molecular formula is C16H17F5N2O. The van der Waals surface area contributed by atoms with Crippen molar-refractivity contribution in [1.29, 1.82) is 0 Å². The van der Waals surface area contributed by atoms with E-state index in [0.717, 1.165) is 18.0 Å². The molecule has 0 atom stereocenters. The van der Waals surface area contributed by atoms with E-state index in [4.69, 9.17) is 0 Å². The number of carbonyl (C=O) groups is 1. The van der Waals surface area contributed by atoms with Gasteiger partial charge < -0.3 is 9.80 Å². The van der Waals surface area contributed by atoms with Gasteiger partial charge in [-0.15, -0.1) is 0 Å². The van der Waals surface area contributed by atoms with Gasteiger partial charge in [0.2, 0.25) is 5.82 Å². The fourth-order valence-corrected chi connectivity index (χ4v) is 2.97. The number of nitrogens with zero attached hydrogens (tertiary/aromatic N) is 2. The Morgan fingerprint density at radius 1 is 0.833 bits per heavy atom. The summed E-state index contributed by atoms with van der Waals surface area (Å²) in [7, 11) is 0. The van der Waals surface area contributed by atoms with E-state index in [9.17, 15) is 26.7 Å². The Balaban J connectivity index is 1.79. The molecule has 1 aliphatic heterocycles. The number of hydrogen-bond acceptors (Lipinski definition) is 2. The van der Waals surface area contributed by atoms with Crippen molar-refractivity contribution in [2.75, 3.05) is 32.7 Å². The number of carbonyl (C=O) groups excluding carboxylic acids is 1. The standard InChI is InChI=1S/C16H17F5N2O/c17-11-10(12(18)14(20)15(21)13(11)19)16(24)23-5-1-4-22(6-7-23)8-9-2-3-9/h9H,1-8H2. The molecule has 2 aliphatic rings.